The number of esters is 1. The molecule has 2 aromatic rings. The molecule has 0 spiro atoms. The van der Waals surface area contributed by atoms with Gasteiger partial charge in [0.1, 0.15) is 0 Å². The standard InChI is InChI=1S/C26H38O.C6H12O2/c1-21(2)15-17-25(19-23-11-7-5-8-12-23)27-26(18-16-22(3)4)20-24-13-9-6-10-14-24;1-3-4-5-8-6(2)7/h5-14,21-22,25-26H,15-20H2,1-4H3;3-5H2,1-2H3. The predicted octanol–water partition coefficient (Wildman–Crippen LogP) is 8.45. The minimum atomic E-state index is -0.182. The van der Waals surface area contributed by atoms with Gasteiger partial charge in [0.2, 0.25) is 0 Å². The second kappa shape index (κ2) is 19.1. The van der Waals surface area contributed by atoms with Crippen molar-refractivity contribution < 1.29 is 14.3 Å². The first-order chi connectivity index (χ1) is 16.8. The molecule has 2 aromatic carbocycles. The molecule has 2 rings (SSSR count). The minimum absolute atomic E-state index is 0.182. The number of carbonyl (C=O) groups excluding carboxylic acids is 1. The Morgan fingerprint density at radius 3 is 1.49 bits per heavy atom. The molecule has 0 amide bonds. The molecular weight excluding hydrogens is 432 g/mol. The summed E-state index contributed by atoms with van der Waals surface area (Å²) in [5.41, 5.74) is 2.77. The summed E-state index contributed by atoms with van der Waals surface area (Å²) in [7, 11) is 0. The second-order valence-electron chi connectivity index (χ2n) is 10.4. The van der Waals surface area contributed by atoms with Crippen LogP contribution >= 0.6 is 0 Å². The third-order valence-corrected chi connectivity index (χ3v) is 5.93. The molecule has 0 aliphatic carbocycles. The number of carbonyl (C=O) groups is 1. The van der Waals surface area contributed by atoms with Crippen LogP contribution in [0.25, 0.3) is 0 Å². The fraction of sp³-hybridized carbons (Fsp3) is 0.594. The van der Waals surface area contributed by atoms with E-state index in [1.54, 1.807) is 0 Å². The van der Waals surface area contributed by atoms with E-state index in [2.05, 4.69) is 100 Å². The van der Waals surface area contributed by atoms with Gasteiger partial charge < -0.3 is 9.47 Å². The van der Waals surface area contributed by atoms with Crippen LogP contribution in [0.15, 0.2) is 60.7 Å². The van der Waals surface area contributed by atoms with Crippen LogP contribution in [-0.2, 0) is 27.1 Å². The van der Waals surface area contributed by atoms with E-state index < -0.39 is 0 Å². The van der Waals surface area contributed by atoms with Gasteiger partial charge in [-0.05, 0) is 67.9 Å². The molecule has 2 atom stereocenters. The number of unbranched alkanes of at least 4 members (excludes halogenated alkanes) is 1. The van der Waals surface area contributed by atoms with Crippen molar-refractivity contribution in [3.8, 4) is 0 Å². The Morgan fingerprint density at radius 2 is 1.14 bits per heavy atom. The fourth-order valence-corrected chi connectivity index (χ4v) is 3.86. The summed E-state index contributed by atoms with van der Waals surface area (Å²) in [5.74, 6) is 1.25. The summed E-state index contributed by atoms with van der Waals surface area (Å²) < 4.78 is 11.4. The van der Waals surface area contributed by atoms with Gasteiger partial charge in [0.25, 0.3) is 0 Å². The van der Waals surface area contributed by atoms with E-state index in [4.69, 9.17) is 4.74 Å². The maximum atomic E-state index is 10.1. The van der Waals surface area contributed by atoms with Crippen LogP contribution in [0.5, 0.6) is 0 Å². The first-order valence-corrected chi connectivity index (χ1v) is 13.7. The fourth-order valence-electron chi connectivity index (χ4n) is 3.86. The van der Waals surface area contributed by atoms with E-state index >= 15 is 0 Å². The van der Waals surface area contributed by atoms with Crippen molar-refractivity contribution >= 4 is 5.97 Å². The second-order valence-corrected chi connectivity index (χ2v) is 10.4. The Kier molecular flexibility index (Phi) is 16.9. The Balaban J connectivity index is 0.000000658. The zero-order chi connectivity index (χ0) is 25.9. The molecule has 0 saturated carbocycles. The molecule has 0 N–H and O–H groups in total. The van der Waals surface area contributed by atoms with Crippen molar-refractivity contribution in [2.24, 2.45) is 11.8 Å². The van der Waals surface area contributed by atoms with Crippen molar-refractivity contribution in [1.82, 2.24) is 0 Å². The van der Waals surface area contributed by atoms with E-state index in [9.17, 15) is 4.79 Å². The topological polar surface area (TPSA) is 35.5 Å². The monoisotopic (exact) mass is 482 g/mol. The average molecular weight is 483 g/mol. The summed E-state index contributed by atoms with van der Waals surface area (Å²) in [5, 5.41) is 0. The van der Waals surface area contributed by atoms with Crippen molar-refractivity contribution in [3.05, 3.63) is 71.8 Å². The summed E-state index contributed by atoms with van der Waals surface area (Å²) in [6.45, 7) is 13.3. The van der Waals surface area contributed by atoms with Crippen molar-refractivity contribution in [2.45, 2.75) is 105 Å². The van der Waals surface area contributed by atoms with Crippen LogP contribution in [0.4, 0.5) is 0 Å². The summed E-state index contributed by atoms with van der Waals surface area (Å²) >= 11 is 0. The van der Waals surface area contributed by atoms with Gasteiger partial charge in [-0.15, -0.1) is 0 Å². The van der Waals surface area contributed by atoms with Crippen LogP contribution in [0.3, 0.4) is 0 Å². The maximum absolute atomic E-state index is 10.1. The first kappa shape index (κ1) is 30.9. The van der Waals surface area contributed by atoms with Gasteiger partial charge >= 0.3 is 5.97 Å². The molecule has 0 heterocycles. The highest BCUT2D eigenvalue weighted by molar-refractivity contribution is 5.65. The molecule has 0 aliphatic heterocycles. The Hall–Kier alpha value is -2.13. The van der Waals surface area contributed by atoms with Gasteiger partial charge in [0.15, 0.2) is 0 Å². The van der Waals surface area contributed by atoms with E-state index in [0.717, 1.165) is 50.4 Å². The Morgan fingerprint density at radius 1 is 0.714 bits per heavy atom. The number of ether oxygens (including phenoxy) is 2. The predicted molar refractivity (Wildman–Crippen MR) is 149 cm³/mol. The van der Waals surface area contributed by atoms with Gasteiger partial charge in [-0.3, -0.25) is 4.79 Å². The average Bonchev–Trinajstić information content (AvgIpc) is 2.82. The molecule has 0 radical (unpaired) electrons. The molecule has 35 heavy (non-hydrogen) atoms. The van der Waals surface area contributed by atoms with Crippen molar-refractivity contribution in [1.29, 1.82) is 0 Å². The lowest BCUT2D eigenvalue weighted by molar-refractivity contribution is -0.141. The van der Waals surface area contributed by atoms with E-state index in [-0.39, 0.29) is 5.97 Å². The lowest BCUT2D eigenvalue weighted by Crippen LogP contribution is -2.27. The molecule has 196 valence electrons. The Bertz CT molecular complexity index is 699. The molecular formula is C32H50O3. The van der Waals surface area contributed by atoms with E-state index in [1.807, 2.05) is 0 Å². The lowest BCUT2D eigenvalue weighted by atomic mass is 9.97. The van der Waals surface area contributed by atoms with Gasteiger partial charge in [-0.1, -0.05) is 102 Å². The molecule has 0 aromatic heterocycles. The minimum Gasteiger partial charge on any atom is -0.466 e. The maximum Gasteiger partial charge on any atom is 0.302 e. The van der Waals surface area contributed by atoms with Crippen LogP contribution in [-0.4, -0.2) is 24.8 Å². The third-order valence-electron chi connectivity index (χ3n) is 5.93. The molecule has 3 heteroatoms. The van der Waals surface area contributed by atoms with Crippen LogP contribution < -0.4 is 0 Å². The smallest absolute Gasteiger partial charge is 0.302 e. The van der Waals surface area contributed by atoms with Crippen LogP contribution in [0.1, 0.15) is 91.2 Å². The number of hydrogen-bond donors (Lipinski definition) is 0. The molecule has 3 nitrogen and oxygen atoms in total. The highest BCUT2D eigenvalue weighted by Crippen LogP contribution is 2.21. The SMILES string of the molecule is CC(C)CCC(Cc1ccccc1)OC(CCC(C)C)Cc1ccccc1.CCCCOC(C)=O. The molecule has 0 bridgehead atoms. The number of hydrogen-bond acceptors (Lipinski definition) is 3. The highest BCUT2D eigenvalue weighted by atomic mass is 16.5. The zero-order valence-corrected chi connectivity index (χ0v) is 23.2. The lowest BCUT2D eigenvalue weighted by Gasteiger charge is -2.27. The number of benzene rings is 2. The van der Waals surface area contributed by atoms with Gasteiger partial charge in [0, 0.05) is 6.92 Å². The summed E-state index contributed by atoms with van der Waals surface area (Å²) in [4.78, 5) is 10.1. The summed E-state index contributed by atoms with van der Waals surface area (Å²) in [6.07, 6.45) is 9.40. The Labute approximate surface area is 215 Å². The van der Waals surface area contributed by atoms with E-state index in [0.29, 0.717) is 18.8 Å². The van der Waals surface area contributed by atoms with Gasteiger partial charge in [0.05, 0.1) is 18.8 Å². The largest absolute Gasteiger partial charge is 0.466 e. The molecule has 0 fully saturated rings. The van der Waals surface area contributed by atoms with E-state index in [1.165, 1.54) is 30.9 Å². The highest BCUT2D eigenvalue weighted by Gasteiger charge is 2.19. The number of rotatable bonds is 15. The molecule has 2 unspecified atom stereocenters. The zero-order valence-electron chi connectivity index (χ0n) is 23.2. The third kappa shape index (κ3) is 17.0. The quantitative estimate of drug-likeness (QED) is 0.189. The van der Waals surface area contributed by atoms with Crippen LogP contribution in [0.2, 0.25) is 0 Å². The van der Waals surface area contributed by atoms with Crippen molar-refractivity contribution in [3.63, 3.8) is 0 Å². The molecule has 0 saturated heterocycles. The molecule has 0 aliphatic rings. The first-order valence-electron chi connectivity index (χ1n) is 13.7. The van der Waals surface area contributed by atoms with Crippen molar-refractivity contribution in [2.75, 3.05) is 6.61 Å². The normalized spacial score (nSPS) is 12.7. The van der Waals surface area contributed by atoms with Gasteiger partial charge in [-0.25, -0.2) is 0 Å². The summed E-state index contributed by atoms with van der Waals surface area (Å²) in [6, 6.07) is 21.6. The van der Waals surface area contributed by atoms with Crippen LogP contribution in [0, 0.1) is 11.8 Å². The van der Waals surface area contributed by atoms with Gasteiger partial charge in [-0.2, -0.15) is 0 Å².